The van der Waals surface area contributed by atoms with E-state index in [-0.39, 0.29) is 17.5 Å². The smallest absolute Gasteiger partial charge is 0.143 e. The molecule has 1 fully saturated rings. The Bertz CT molecular complexity index is 198. The molecule has 0 amide bonds. The van der Waals surface area contributed by atoms with Gasteiger partial charge in [-0.2, -0.15) is 0 Å². The summed E-state index contributed by atoms with van der Waals surface area (Å²) in [5.41, 5.74) is 0.0550. The zero-order chi connectivity index (χ0) is 10.0. The molecule has 3 nitrogen and oxygen atoms in total. The summed E-state index contributed by atoms with van der Waals surface area (Å²) in [4.78, 5) is 15.2. The van der Waals surface area contributed by atoms with Crippen LogP contribution in [0.5, 0.6) is 0 Å². The highest BCUT2D eigenvalue weighted by molar-refractivity contribution is 6.20. The van der Waals surface area contributed by atoms with Gasteiger partial charge in [0.1, 0.15) is 5.78 Å². The van der Waals surface area contributed by atoms with E-state index in [1.807, 2.05) is 0 Å². The van der Waals surface area contributed by atoms with Gasteiger partial charge in [-0.25, -0.2) is 0 Å². The second-order valence-corrected chi connectivity index (χ2v) is 4.03. The van der Waals surface area contributed by atoms with Gasteiger partial charge in [0.15, 0.2) is 0 Å². The Kier molecular flexibility index (Phi) is 3.71. The van der Waals surface area contributed by atoms with E-state index in [1.165, 1.54) is 0 Å². The summed E-state index contributed by atoms with van der Waals surface area (Å²) in [6.07, 6.45) is 0.288. The molecule has 0 aliphatic carbocycles. The molecule has 1 saturated heterocycles. The Morgan fingerprint density at radius 1 is 1.62 bits per heavy atom. The number of likely N-dealkylation sites (N-methyl/N-ethyl adjacent to an activating group) is 1. The number of hydrogen-bond acceptors (Lipinski definition) is 3. The van der Waals surface area contributed by atoms with Crippen LogP contribution >= 0.6 is 11.6 Å². The number of Topliss-reactive ketones (excluding diaryl/α,β-unsaturated/α-hetero) is 1. The Morgan fingerprint density at radius 3 is 2.62 bits per heavy atom. The standard InChI is InChI=1S/C9H17ClN2O/c1-4-12-8(3)11(5-7(2)13)6-9(12)10/h8-9H,4-6H2,1-3H3. The van der Waals surface area contributed by atoms with Crippen molar-refractivity contribution in [3.05, 3.63) is 0 Å². The molecule has 76 valence electrons. The largest absolute Gasteiger partial charge is 0.299 e. The maximum atomic E-state index is 10.9. The third kappa shape index (κ3) is 2.42. The normalized spacial score (nSPS) is 31.1. The number of rotatable bonds is 3. The Balaban J connectivity index is 2.56. The summed E-state index contributed by atoms with van der Waals surface area (Å²) in [6.45, 7) is 8.03. The SMILES string of the molecule is CCN1C(Cl)CN(CC(C)=O)C1C. The van der Waals surface area contributed by atoms with Gasteiger partial charge < -0.3 is 0 Å². The number of carbonyl (C=O) groups is 1. The number of alkyl halides is 1. The third-order valence-electron chi connectivity index (χ3n) is 2.54. The topological polar surface area (TPSA) is 23.6 Å². The first-order valence-electron chi connectivity index (χ1n) is 4.69. The van der Waals surface area contributed by atoms with Gasteiger partial charge >= 0.3 is 0 Å². The molecule has 0 aromatic heterocycles. The zero-order valence-electron chi connectivity index (χ0n) is 8.46. The molecule has 0 aromatic carbocycles. The third-order valence-corrected chi connectivity index (χ3v) is 2.93. The van der Waals surface area contributed by atoms with E-state index in [2.05, 4.69) is 23.6 Å². The van der Waals surface area contributed by atoms with Crippen LogP contribution in [-0.4, -0.2) is 46.9 Å². The molecular weight excluding hydrogens is 188 g/mol. The molecule has 0 aromatic rings. The maximum Gasteiger partial charge on any atom is 0.143 e. The molecule has 13 heavy (non-hydrogen) atoms. The van der Waals surface area contributed by atoms with Crippen molar-refractivity contribution in [1.29, 1.82) is 0 Å². The summed E-state index contributed by atoms with van der Waals surface area (Å²) >= 11 is 6.12. The minimum absolute atomic E-state index is 0.0550. The molecule has 1 aliphatic rings. The Hall–Kier alpha value is -0.120. The van der Waals surface area contributed by atoms with Crippen molar-refractivity contribution in [1.82, 2.24) is 9.80 Å². The number of halogens is 1. The highest BCUT2D eigenvalue weighted by Gasteiger charge is 2.34. The van der Waals surface area contributed by atoms with Crippen LogP contribution < -0.4 is 0 Å². The molecule has 4 heteroatoms. The second kappa shape index (κ2) is 4.40. The van der Waals surface area contributed by atoms with E-state index >= 15 is 0 Å². The summed E-state index contributed by atoms with van der Waals surface area (Å²) in [6, 6.07) is 0. The summed E-state index contributed by atoms with van der Waals surface area (Å²) < 4.78 is 0. The maximum absolute atomic E-state index is 10.9. The fraction of sp³-hybridized carbons (Fsp3) is 0.889. The minimum Gasteiger partial charge on any atom is -0.299 e. The molecule has 0 bridgehead atoms. The van der Waals surface area contributed by atoms with E-state index in [9.17, 15) is 4.79 Å². The summed E-state index contributed by atoms with van der Waals surface area (Å²) in [5.74, 6) is 0.202. The van der Waals surface area contributed by atoms with Crippen molar-refractivity contribution in [2.24, 2.45) is 0 Å². The van der Waals surface area contributed by atoms with Crippen molar-refractivity contribution >= 4 is 17.4 Å². The van der Waals surface area contributed by atoms with Gasteiger partial charge in [0.25, 0.3) is 0 Å². The van der Waals surface area contributed by atoms with E-state index in [4.69, 9.17) is 11.6 Å². The first-order valence-corrected chi connectivity index (χ1v) is 5.13. The van der Waals surface area contributed by atoms with Crippen molar-refractivity contribution in [3.63, 3.8) is 0 Å². The van der Waals surface area contributed by atoms with Crippen LogP contribution in [0.1, 0.15) is 20.8 Å². The highest BCUT2D eigenvalue weighted by atomic mass is 35.5. The van der Waals surface area contributed by atoms with E-state index in [0.717, 1.165) is 13.1 Å². The molecular formula is C9H17ClN2O. The van der Waals surface area contributed by atoms with Crippen LogP contribution in [0.4, 0.5) is 0 Å². The predicted molar refractivity (Wildman–Crippen MR) is 53.7 cm³/mol. The molecule has 0 spiro atoms. The lowest BCUT2D eigenvalue weighted by Gasteiger charge is -2.25. The summed E-state index contributed by atoms with van der Waals surface area (Å²) in [5, 5.41) is 0. The van der Waals surface area contributed by atoms with Crippen molar-refractivity contribution < 1.29 is 4.79 Å². The quantitative estimate of drug-likeness (QED) is 0.509. The number of nitrogens with zero attached hydrogens (tertiary/aromatic N) is 2. The molecule has 0 saturated carbocycles. The molecule has 0 radical (unpaired) electrons. The number of hydrogen-bond donors (Lipinski definition) is 0. The Morgan fingerprint density at radius 2 is 2.23 bits per heavy atom. The van der Waals surface area contributed by atoms with Crippen LogP contribution in [0.15, 0.2) is 0 Å². The molecule has 2 atom stereocenters. The van der Waals surface area contributed by atoms with Crippen LogP contribution in [0.3, 0.4) is 0 Å². The van der Waals surface area contributed by atoms with Crippen LogP contribution in [0.25, 0.3) is 0 Å². The number of ketones is 1. The first kappa shape index (κ1) is 11.0. The van der Waals surface area contributed by atoms with Crippen LogP contribution in [-0.2, 0) is 4.79 Å². The van der Waals surface area contributed by atoms with Gasteiger partial charge in [-0.3, -0.25) is 14.6 Å². The lowest BCUT2D eigenvalue weighted by Crippen LogP contribution is -2.38. The molecule has 1 aliphatic heterocycles. The molecule has 2 unspecified atom stereocenters. The average Bonchev–Trinajstić information content (AvgIpc) is 2.26. The number of carbonyl (C=O) groups excluding carboxylic acids is 1. The van der Waals surface area contributed by atoms with Crippen molar-refractivity contribution in [2.45, 2.75) is 32.4 Å². The van der Waals surface area contributed by atoms with Crippen molar-refractivity contribution in [2.75, 3.05) is 19.6 Å². The van der Waals surface area contributed by atoms with Crippen LogP contribution in [0, 0.1) is 0 Å². The van der Waals surface area contributed by atoms with Crippen molar-refractivity contribution in [3.8, 4) is 0 Å². The molecule has 0 N–H and O–H groups in total. The predicted octanol–water partition coefficient (Wildman–Crippen LogP) is 1.12. The fourth-order valence-corrected chi connectivity index (χ4v) is 2.32. The van der Waals surface area contributed by atoms with Gasteiger partial charge in [-0.15, -0.1) is 11.6 Å². The monoisotopic (exact) mass is 204 g/mol. The minimum atomic E-state index is 0.0550. The van der Waals surface area contributed by atoms with Gasteiger partial charge in [0.05, 0.1) is 18.2 Å². The fourth-order valence-electron chi connectivity index (χ4n) is 1.84. The van der Waals surface area contributed by atoms with Gasteiger partial charge in [0, 0.05) is 6.54 Å². The lowest BCUT2D eigenvalue weighted by atomic mass is 10.4. The molecule has 1 rings (SSSR count). The van der Waals surface area contributed by atoms with Gasteiger partial charge in [0.2, 0.25) is 0 Å². The second-order valence-electron chi connectivity index (χ2n) is 3.53. The van der Waals surface area contributed by atoms with E-state index < -0.39 is 0 Å². The van der Waals surface area contributed by atoms with Gasteiger partial charge in [-0.05, 0) is 20.4 Å². The van der Waals surface area contributed by atoms with E-state index in [1.54, 1.807) is 6.92 Å². The van der Waals surface area contributed by atoms with Crippen LogP contribution in [0.2, 0.25) is 0 Å². The Labute approximate surface area is 84.6 Å². The van der Waals surface area contributed by atoms with E-state index in [0.29, 0.717) is 6.54 Å². The first-order chi connectivity index (χ1) is 6.06. The molecule has 1 heterocycles. The zero-order valence-corrected chi connectivity index (χ0v) is 9.21. The highest BCUT2D eigenvalue weighted by Crippen LogP contribution is 2.21. The lowest BCUT2D eigenvalue weighted by molar-refractivity contribution is -0.118. The van der Waals surface area contributed by atoms with Gasteiger partial charge in [-0.1, -0.05) is 6.92 Å². The summed E-state index contributed by atoms with van der Waals surface area (Å²) in [7, 11) is 0. The average molecular weight is 205 g/mol.